The van der Waals surface area contributed by atoms with Crippen LogP contribution in [-0.2, 0) is 4.79 Å². The molecule has 174 valence electrons. The van der Waals surface area contributed by atoms with E-state index in [9.17, 15) is 9.59 Å². The molecule has 0 unspecified atom stereocenters. The number of benzene rings is 2. The number of amides is 1. The van der Waals surface area contributed by atoms with Crippen LogP contribution in [0.5, 0.6) is 5.75 Å². The van der Waals surface area contributed by atoms with Crippen LogP contribution in [0.15, 0.2) is 100 Å². The van der Waals surface area contributed by atoms with Crippen molar-refractivity contribution in [2.75, 3.05) is 12.4 Å². The normalized spacial score (nSPS) is 15.4. The van der Waals surface area contributed by atoms with Gasteiger partial charge in [0.2, 0.25) is 0 Å². The van der Waals surface area contributed by atoms with Crippen molar-refractivity contribution < 1.29 is 9.53 Å². The summed E-state index contributed by atoms with van der Waals surface area (Å²) in [6.07, 6.45) is 5.18. The minimum Gasteiger partial charge on any atom is -0.497 e. The van der Waals surface area contributed by atoms with Crippen LogP contribution >= 0.6 is 11.3 Å². The number of hydrogen-bond acceptors (Lipinski definition) is 6. The Morgan fingerprint density at radius 3 is 2.54 bits per heavy atom. The Kier molecular flexibility index (Phi) is 6.12. The molecule has 3 heterocycles. The number of aromatic nitrogens is 2. The van der Waals surface area contributed by atoms with Gasteiger partial charge in [0.25, 0.3) is 11.5 Å². The van der Waals surface area contributed by atoms with Gasteiger partial charge in [0.1, 0.15) is 5.75 Å². The molecule has 1 aliphatic rings. The predicted octanol–water partition coefficient (Wildman–Crippen LogP) is 3.28. The van der Waals surface area contributed by atoms with Crippen molar-refractivity contribution in [3.05, 3.63) is 121 Å². The van der Waals surface area contributed by atoms with Gasteiger partial charge in [-0.25, -0.2) is 4.99 Å². The highest BCUT2D eigenvalue weighted by Crippen LogP contribution is 2.31. The molecular weight excluding hydrogens is 460 g/mol. The van der Waals surface area contributed by atoms with Crippen molar-refractivity contribution in [3.8, 4) is 5.75 Å². The highest BCUT2D eigenvalue weighted by atomic mass is 32.1. The van der Waals surface area contributed by atoms with E-state index in [2.05, 4.69) is 15.3 Å². The Morgan fingerprint density at radius 2 is 1.86 bits per heavy atom. The number of nitrogens with zero attached hydrogens (tertiary/aromatic N) is 3. The summed E-state index contributed by atoms with van der Waals surface area (Å²) in [5, 5.41) is 2.95. The zero-order chi connectivity index (χ0) is 24.4. The van der Waals surface area contributed by atoms with E-state index in [4.69, 9.17) is 4.74 Å². The maximum Gasteiger partial charge on any atom is 0.271 e. The Morgan fingerprint density at radius 1 is 1.09 bits per heavy atom. The van der Waals surface area contributed by atoms with Gasteiger partial charge in [-0.15, -0.1) is 0 Å². The first-order valence-electron chi connectivity index (χ1n) is 11.0. The second-order valence-corrected chi connectivity index (χ2v) is 8.97. The van der Waals surface area contributed by atoms with Crippen LogP contribution in [0.3, 0.4) is 0 Å². The monoisotopic (exact) mass is 482 g/mol. The number of carbonyl (C=O) groups is 1. The maximum absolute atomic E-state index is 13.6. The van der Waals surface area contributed by atoms with E-state index in [1.165, 1.54) is 11.3 Å². The van der Waals surface area contributed by atoms with E-state index in [1.807, 2.05) is 66.7 Å². The molecule has 1 atom stereocenters. The minimum atomic E-state index is -0.642. The number of ether oxygens (including phenoxy) is 1. The lowest BCUT2D eigenvalue weighted by Gasteiger charge is -2.25. The zero-order valence-electron chi connectivity index (χ0n) is 19.1. The Balaban J connectivity index is 1.67. The van der Waals surface area contributed by atoms with Crippen LogP contribution in [0.25, 0.3) is 6.08 Å². The van der Waals surface area contributed by atoms with Crippen LogP contribution in [0.4, 0.5) is 5.69 Å². The molecule has 0 saturated carbocycles. The van der Waals surface area contributed by atoms with Crippen molar-refractivity contribution in [1.82, 2.24) is 9.55 Å². The zero-order valence-corrected chi connectivity index (χ0v) is 20.0. The van der Waals surface area contributed by atoms with Crippen molar-refractivity contribution in [2.45, 2.75) is 13.0 Å². The van der Waals surface area contributed by atoms with Crippen molar-refractivity contribution in [3.63, 3.8) is 0 Å². The smallest absolute Gasteiger partial charge is 0.271 e. The lowest BCUT2D eigenvalue weighted by Crippen LogP contribution is -2.40. The molecule has 0 bridgehead atoms. The van der Waals surface area contributed by atoms with E-state index in [-0.39, 0.29) is 11.5 Å². The average Bonchev–Trinajstić information content (AvgIpc) is 3.18. The molecule has 1 amide bonds. The third kappa shape index (κ3) is 4.43. The molecule has 2 aromatic heterocycles. The number of rotatable bonds is 5. The van der Waals surface area contributed by atoms with Gasteiger partial charge in [0, 0.05) is 18.1 Å². The highest BCUT2D eigenvalue weighted by Gasteiger charge is 2.32. The first-order valence-corrected chi connectivity index (χ1v) is 11.8. The number of allylic oxidation sites excluding steroid dienone is 1. The second-order valence-electron chi connectivity index (χ2n) is 7.96. The SMILES string of the molecule is COc1ccc([C@@H]2C(C(=O)Nc3ccccc3)=C(C)N=c3s/c(=C\c4cccnc4)c(=O)n32)cc1. The molecule has 0 spiro atoms. The highest BCUT2D eigenvalue weighted by molar-refractivity contribution is 7.07. The number of anilines is 1. The lowest BCUT2D eigenvalue weighted by molar-refractivity contribution is -0.113. The van der Waals surface area contributed by atoms with Crippen molar-refractivity contribution in [2.24, 2.45) is 4.99 Å². The molecule has 2 aromatic carbocycles. The molecule has 7 nitrogen and oxygen atoms in total. The molecule has 5 rings (SSSR count). The van der Waals surface area contributed by atoms with Crippen LogP contribution in [-0.4, -0.2) is 22.6 Å². The van der Waals surface area contributed by atoms with Gasteiger partial charge in [0.15, 0.2) is 4.80 Å². The first kappa shape index (κ1) is 22.5. The fourth-order valence-electron chi connectivity index (χ4n) is 4.05. The maximum atomic E-state index is 13.6. The first-order chi connectivity index (χ1) is 17.0. The number of thiazole rings is 1. The number of fused-ring (bicyclic) bond motifs is 1. The van der Waals surface area contributed by atoms with Crippen molar-refractivity contribution in [1.29, 1.82) is 0 Å². The largest absolute Gasteiger partial charge is 0.497 e. The Labute approximate surface area is 205 Å². The van der Waals surface area contributed by atoms with Gasteiger partial charge in [-0.2, -0.15) is 0 Å². The van der Waals surface area contributed by atoms with E-state index < -0.39 is 6.04 Å². The fraction of sp³-hybridized carbons (Fsp3) is 0.111. The summed E-state index contributed by atoms with van der Waals surface area (Å²) in [5.41, 5.74) is 3.04. The summed E-state index contributed by atoms with van der Waals surface area (Å²) < 4.78 is 7.43. The summed E-state index contributed by atoms with van der Waals surface area (Å²) in [6.45, 7) is 1.80. The molecule has 4 aromatic rings. The van der Waals surface area contributed by atoms with Crippen LogP contribution in [0, 0.1) is 0 Å². The van der Waals surface area contributed by atoms with E-state index in [1.54, 1.807) is 37.1 Å². The summed E-state index contributed by atoms with van der Waals surface area (Å²) in [4.78, 5) is 36.5. The standard InChI is InChI=1S/C27H22N4O3S/c1-17-23(25(32)30-20-8-4-3-5-9-20)24(19-10-12-21(34-2)13-11-19)31-26(33)22(35-27(31)29-17)15-18-7-6-14-28-16-18/h3-16,24H,1-2H3,(H,30,32)/b22-15-/t24-/m1/s1. The number of nitrogens with one attached hydrogen (secondary N) is 1. The summed E-state index contributed by atoms with van der Waals surface area (Å²) in [6, 6.07) is 19.7. The van der Waals surface area contributed by atoms with Gasteiger partial charge in [-0.3, -0.25) is 19.1 Å². The molecule has 8 heteroatoms. The van der Waals surface area contributed by atoms with E-state index in [0.717, 1.165) is 11.1 Å². The van der Waals surface area contributed by atoms with Crippen LogP contribution in [0.1, 0.15) is 24.1 Å². The third-order valence-electron chi connectivity index (χ3n) is 5.71. The molecule has 0 aliphatic carbocycles. The molecule has 0 radical (unpaired) electrons. The van der Waals surface area contributed by atoms with Gasteiger partial charge < -0.3 is 10.1 Å². The molecular formula is C27H22N4O3S. The quantitative estimate of drug-likeness (QED) is 0.473. The molecule has 1 N–H and O–H groups in total. The number of hydrogen-bond donors (Lipinski definition) is 1. The molecule has 1 aliphatic heterocycles. The number of methoxy groups -OCH3 is 1. The second kappa shape index (κ2) is 9.52. The fourth-order valence-corrected chi connectivity index (χ4v) is 5.09. The minimum absolute atomic E-state index is 0.212. The summed E-state index contributed by atoms with van der Waals surface area (Å²) >= 11 is 1.29. The molecule has 35 heavy (non-hydrogen) atoms. The summed E-state index contributed by atoms with van der Waals surface area (Å²) in [5.74, 6) is 0.383. The Bertz CT molecular complexity index is 1590. The molecule has 0 fully saturated rings. The summed E-state index contributed by atoms with van der Waals surface area (Å²) in [7, 11) is 1.60. The van der Waals surface area contributed by atoms with Gasteiger partial charge in [-0.1, -0.05) is 47.7 Å². The van der Waals surface area contributed by atoms with E-state index in [0.29, 0.717) is 32.0 Å². The lowest BCUT2D eigenvalue weighted by atomic mass is 9.95. The average molecular weight is 483 g/mol. The number of pyridine rings is 1. The number of carbonyl (C=O) groups excluding carboxylic acids is 1. The van der Waals surface area contributed by atoms with Crippen LogP contribution < -0.4 is 24.9 Å². The van der Waals surface area contributed by atoms with Gasteiger partial charge in [0.05, 0.1) is 29.0 Å². The number of para-hydroxylation sites is 1. The van der Waals surface area contributed by atoms with E-state index >= 15 is 0 Å². The van der Waals surface area contributed by atoms with Gasteiger partial charge in [-0.05, 0) is 54.5 Å². The van der Waals surface area contributed by atoms with Crippen molar-refractivity contribution >= 4 is 29.0 Å². The predicted molar refractivity (Wildman–Crippen MR) is 136 cm³/mol. The third-order valence-corrected chi connectivity index (χ3v) is 6.69. The van der Waals surface area contributed by atoms with Gasteiger partial charge >= 0.3 is 0 Å². The topological polar surface area (TPSA) is 85.6 Å². The van der Waals surface area contributed by atoms with Crippen LogP contribution in [0.2, 0.25) is 0 Å². The Hall–Kier alpha value is -4.30. The molecule has 0 saturated heterocycles.